The van der Waals surface area contributed by atoms with Crippen LogP contribution in [-0.2, 0) is 0 Å². The van der Waals surface area contributed by atoms with E-state index in [9.17, 15) is 0 Å². The van der Waals surface area contributed by atoms with Crippen LogP contribution in [0.3, 0.4) is 0 Å². The normalized spacial score (nSPS) is 11.6. The molecule has 0 amide bonds. The van der Waals surface area contributed by atoms with Crippen molar-refractivity contribution in [3.8, 4) is 12.1 Å². The van der Waals surface area contributed by atoms with Crippen LogP contribution in [0.25, 0.3) is 0 Å². The molecular formula is C24H24N2S2. The zero-order valence-electron chi connectivity index (χ0n) is 15.9. The van der Waals surface area contributed by atoms with E-state index < -0.39 is 0 Å². The fraction of sp³-hybridized carbons (Fsp3) is 0.250. The third-order valence-electron chi connectivity index (χ3n) is 3.86. The third-order valence-corrected chi connectivity index (χ3v) is 6.08. The highest BCUT2D eigenvalue weighted by atomic mass is 32.2. The molecule has 28 heavy (non-hydrogen) atoms. The summed E-state index contributed by atoms with van der Waals surface area (Å²) >= 11 is 3.52. The first kappa shape index (κ1) is 21.9. The SMILES string of the molecule is N#CCCC/C(=C/C=C(/CCCC#N)Sc1ccccc1)Sc1ccccc1. The van der Waals surface area contributed by atoms with Gasteiger partial charge in [0.1, 0.15) is 0 Å². The smallest absolute Gasteiger partial charge is 0.0621 e. The second-order valence-electron chi connectivity index (χ2n) is 6.12. The van der Waals surface area contributed by atoms with E-state index in [2.05, 4.69) is 48.6 Å². The Balaban J connectivity index is 2.16. The van der Waals surface area contributed by atoms with Crippen molar-refractivity contribution in [3.05, 3.63) is 82.6 Å². The maximum absolute atomic E-state index is 8.85. The predicted molar refractivity (Wildman–Crippen MR) is 120 cm³/mol. The van der Waals surface area contributed by atoms with Gasteiger partial charge in [-0.3, -0.25) is 0 Å². The highest BCUT2D eigenvalue weighted by molar-refractivity contribution is 8.03. The van der Waals surface area contributed by atoms with Crippen LogP contribution in [0.5, 0.6) is 0 Å². The predicted octanol–water partition coefficient (Wildman–Crippen LogP) is 7.73. The van der Waals surface area contributed by atoms with Gasteiger partial charge < -0.3 is 0 Å². The van der Waals surface area contributed by atoms with E-state index in [1.54, 1.807) is 23.5 Å². The molecule has 0 fully saturated rings. The minimum absolute atomic E-state index is 0.574. The summed E-state index contributed by atoms with van der Waals surface area (Å²) in [5.74, 6) is 0. The largest absolute Gasteiger partial charge is 0.198 e. The topological polar surface area (TPSA) is 47.6 Å². The van der Waals surface area contributed by atoms with Gasteiger partial charge >= 0.3 is 0 Å². The van der Waals surface area contributed by atoms with E-state index in [4.69, 9.17) is 10.5 Å². The average Bonchev–Trinajstić information content (AvgIpc) is 2.73. The number of rotatable bonds is 11. The van der Waals surface area contributed by atoms with Gasteiger partial charge in [-0.2, -0.15) is 10.5 Å². The van der Waals surface area contributed by atoms with Crippen molar-refractivity contribution in [2.75, 3.05) is 0 Å². The molecule has 2 aromatic rings. The van der Waals surface area contributed by atoms with Gasteiger partial charge in [-0.05, 0) is 59.8 Å². The summed E-state index contributed by atoms with van der Waals surface area (Å²) in [4.78, 5) is 4.93. The second kappa shape index (κ2) is 13.7. The third kappa shape index (κ3) is 9.00. The number of allylic oxidation sites excluding steroid dienone is 4. The summed E-state index contributed by atoms with van der Waals surface area (Å²) in [6, 6.07) is 25.1. The van der Waals surface area contributed by atoms with Gasteiger partial charge in [-0.1, -0.05) is 72.1 Å². The Morgan fingerprint density at radius 1 is 0.679 bits per heavy atom. The Labute approximate surface area is 177 Å². The van der Waals surface area contributed by atoms with E-state index in [1.165, 1.54) is 19.6 Å². The van der Waals surface area contributed by atoms with E-state index in [0.717, 1.165) is 25.7 Å². The number of unbranched alkanes of at least 4 members (excludes halogenated alkanes) is 2. The Morgan fingerprint density at radius 3 is 1.43 bits per heavy atom. The van der Waals surface area contributed by atoms with E-state index in [1.807, 2.05) is 36.4 Å². The van der Waals surface area contributed by atoms with Gasteiger partial charge in [0, 0.05) is 22.6 Å². The Bertz CT molecular complexity index is 770. The van der Waals surface area contributed by atoms with Crippen molar-refractivity contribution in [1.82, 2.24) is 0 Å². The Kier molecular flexibility index (Phi) is 10.7. The number of benzene rings is 2. The first-order chi connectivity index (χ1) is 13.8. The molecule has 142 valence electrons. The highest BCUT2D eigenvalue weighted by Crippen LogP contribution is 2.33. The molecule has 2 rings (SSSR count). The molecule has 0 radical (unpaired) electrons. The van der Waals surface area contributed by atoms with E-state index in [0.29, 0.717) is 12.8 Å². The van der Waals surface area contributed by atoms with Crippen molar-refractivity contribution >= 4 is 23.5 Å². The first-order valence-electron chi connectivity index (χ1n) is 9.41. The lowest BCUT2D eigenvalue weighted by atomic mass is 10.2. The molecule has 0 atom stereocenters. The van der Waals surface area contributed by atoms with Crippen LogP contribution >= 0.6 is 23.5 Å². The van der Waals surface area contributed by atoms with Crippen LogP contribution in [0.1, 0.15) is 38.5 Å². The Morgan fingerprint density at radius 2 is 1.07 bits per heavy atom. The molecule has 4 heteroatoms. The first-order valence-corrected chi connectivity index (χ1v) is 11.0. The lowest BCUT2D eigenvalue weighted by Gasteiger charge is -2.08. The molecule has 0 saturated carbocycles. The molecule has 0 aliphatic rings. The van der Waals surface area contributed by atoms with E-state index in [-0.39, 0.29) is 0 Å². The van der Waals surface area contributed by atoms with Crippen molar-refractivity contribution in [2.45, 2.75) is 48.3 Å². The molecule has 2 aromatic carbocycles. The minimum atomic E-state index is 0.574. The monoisotopic (exact) mass is 404 g/mol. The molecule has 0 bridgehead atoms. The number of thioether (sulfide) groups is 2. The lowest BCUT2D eigenvalue weighted by Crippen LogP contribution is -1.83. The molecule has 2 nitrogen and oxygen atoms in total. The number of hydrogen-bond acceptors (Lipinski definition) is 4. The molecular weight excluding hydrogens is 380 g/mol. The second-order valence-corrected chi connectivity index (χ2v) is 8.52. The van der Waals surface area contributed by atoms with Crippen molar-refractivity contribution in [2.24, 2.45) is 0 Å². The van der Waals surface area contributed by atoms with Crippen molar-refractivity contribution in [1.29, 1.82) is 10.5 Å². The molecule has 0 aromatic heterocycles. The van der Waals surface area contributed by atoms with Crippen LogP contribution in [0.15, 0.2) is 92.4 Å². The quantitative estimate of drug-likeness (QED) is 0.218. The number of nitrogens with zero attached hydrogens (tertiary/aromatic N) is 2. The van der Waals surface area contributed by atoms with Gasteiger partial charge in [0.2, 0.25) is 0 Å². The van der Waals surface area contributed by atoms with Crippen LogP contribution in [0, 0.1) is 22.7 Å². The number of nitriles is 2. The summed E-state index contributed by atoms with van der Waals surface area (Å²) in [6.07, 6.45) is 9.04. The standard InChI is InChI=1S/C24H24N2S2/c25-19-9-7-15-23(27-21-11-3-1-4-12-21)17-18-24(16-8-10-20-26)28-22-13-5-2-6-14-22/h1-6,11-14,17-18H,7-10,15-16H2/b23-17-,24-18-. The minimum Gasteiger partial charge on any atom is -0.198 e. The zero-order chi connectivity index (χ0) is 19.9. The van der Waals surface area contributed by atoms with Gasteiger partial charge in [-0.25, -0.2) is 0 Å². The Hall–Kier alpha value is -2.40. The zero-order valence-corrected chi connectivity index (χ0v) is 17.5. The molecule has 0 saturated heterocycles. The summed E-state index contributed by atoms with van der Waals surface area (Å²) in [6.45, 7) is 0. The molecule has 0 unspecified atom stereocenters. The van der Waals surface area contributed by atoms with Gasteiger partial charge in [-0.15, -0.1) is 0 Å². The fourth-order valence-electron chi connectivity index (χ4n) is 2.49. The van der Waals surface area contributed by atoms with Crippen LogP contribution in [0.2, 0.25) is 0 Å². The summed E-state index contributed by atoms with van der Waals surface area (Å²) < 4.78 is 0. The average molecular weight is 405 g/mol. The van der Waals surface area contributed by atoms with Crippen molar-refractivity contribution < 1.29 is 0 Å². The van der Waals surface area contributed by atoms with Crippen molar-refractivity contribution in [3.63, 3.8) is 0 Å². The van der Waals surface area contributed by atoms with Crippen LogP contribution in [0.4, 0.5) is 0 Å². The molecule has 0 aliphatic carbocycles. The highest BCUT2D eigenvalue weighted by Gasteiger charge is 2.04. The summed E-state index contributed by atoms with van der Waals surface area (Å²) in [5.41, 5.74) is 0. The molecule has 0 spiro atoms. The number of hydrogen-bond donors (Lipinski definition) is 0. The van der Waals surface area contributed by atoms with Crippen LogP contribution < -0.4 is 0 Å². The van der Waals surface area contributed by atoms with Crippen LogP contribution in [-0.4, -0.2) is 0 Å². The van der Waals surface area contributed by atoms with Gasteiger partial charge in [0.15, 0.2) is 0 Å². The maximum Gasteiger partial charge on any atom is 0.0621 e. The fourth-order valence-corrected chi connectivity index (χ4v) is 4.44. The summed E-state index contributed by atoms with van der Waals surface area (Å²) in [7, 11) is 0. The lowest BCUT2D eigenvalue weighted by molar-refractivity contribution is 0.864. The maximum atomic E-state index is 8.85. The molecule has 0 heterocycles. The van der Waals surface area contributed by atoms with Gasteiger partial charge in [0.25, 0.3) is 0 Å². The van der Waals surface area contributed by atoms with E-state index >= 15 is 0 Å². The molecule has 0 aliphatic heterocycles. The molecule has 0 N–H and O–H groups in total. The summed E-state index contributed by atoms with van der Waals surface area (Å²) in [5, 5.41) is 17.7. The van der Waals surface area contributed by atoms with Gasteiger partial charge in [0.05, 0.1) is 12.1 Å².